The lowest BCUT2D eigenvalue weighted by Gasteiger charge is -2.20. The number of para-hydroxylation sites is 1. The summed E-state index contributed by atoms with van der Waals surface area (Å²) in [5, 5.41) is 12.9. The van der Waals surface area contributed by atoms with E-state index in [1.165, 1.54) is 6.20 Å². The molecule has 0 aliphatic carbocycles. The van der Waals surface area contributed by atoms with E-state index in [1.807, 2.05) is 24.3 Å². The number of anilines is 2. The zero-order valence-electron chi connectivity index (χ0n) is 10.9. The first-order chi connectivity index (χ1) is 9.65. The summed E-state index contributed by atoms with van der Waals surface area (Å²) in [5.74, 6) is 1.13. The second-order valence-corrected chi connectivity index (χ2v) is 4.45. The number of nitrogen functional groups attached to an aromatic ring is 1. The van der Waals surface area contributed by atoms with Crippen molar-refractivity contribution in [3.8, 4) is 5.75 Å². The first-order valence-corrected chi connectivity index (χ1v) is 6.31. The van der Waals surface area contributed by atoms with Gasteiger partial charge in [-0.1, -0.05) is 29.8 Å². The normalized spacial score (nSPS) is 11.9. The third-order valence-electron chi connectivity index (χ3n) is 2.77. The van der Waals surface area contributed by atoms with Crippen molar-refractivity contribution >= 4 is 23.4 Å². The second-order valence-electron chi connectivity index (χ2n) is 4.05. The molecule has 2 aromatic rings. The number of hydrogen-bond donors (Lipinski definition) is 3. The van der Waals surface area contributed by atoms with Gasteiger partial charge in [-0.15, -0.1) is 0 Å². The van der Waals surface area contributed by atoms with Gasteiger partial charge in [0.1, 0.15) is 10.8 Å². The summed E-state index contributed by atoms with van der Waals surface area (Å²) >= 11 is 6.00. The fraction of sp³-hybridized carbons (Fsp3) is 0.231. The van der Waals surface area contributed by atoms with Crippen molar-refractivity contribution in [2.75, 3.05) is 24.8 Å². The Bertz CT molecular complexity index is 594. The van der Waals surface area contributed by atoms with E-state index < -0.39 is 6.04 Å². The van der Waals surface area contributed by atoms with Gasteiger partial charge >= 0.3 is 0 Å². The summed E-state index contributed by atoms with van der Waals surface area (Å²) < 4.78 is 5.28. The lowest BCUT2D eigenvalue weighted by Crippen LogP contribution is -2.17. The molecule has 0 aliphatic heterocycles. The fourth-order valence-electron chi connectivity index (χ4n) is 1.82. The first-order valence-electron chi connectivity index (χ1n) is 5.94. The van der Waals surface area contributed by atoms with Crippen LogP contribution in [-0.2, 0) is 0 Å². The highest BCUT2D eigenvalue weighted by Crippen LogP contribution is 2.29. The zero-order chi connectivity index (χ0) is 14.5. The highest BCUT2D eigenvalue weighted by molar-refractivity contribution is 6.32. The van der Waals surface area contributed by atoms with Crippen LogP contribution in [0.25, 0.3) is 0 Å². The largest absolute Gasteiger partial charge is 0.496 e. The number of aromatic nitrogens is 2. The zero-order valence-corrected chi connectivity index (χ0v) is 11.6. The highest BCUT2D eigenvalue weighted by Gasteiger charge is 2.17. The molecule has 2 rings (SSSR count). The number of halogens is 1. The number of aliphatic hydroxyl groups is 1. The number of methoxy groups -OCH3 is 1. The molecule has 6 nitrogen and oxygen atoms in total. The SMILES string of the molecule is COc1ccccc1C(CO)Nc1nc(N)ncc1Cl. The van der Waals surface area contributed by atoms with Gasteiger partial charge in [0, 0.05) is 5.56 Å². The number of aliphatic hydroxyl groups excluding tert-OH is 1. The Morgan fingerprint density at radius 1 is 1.45 bits per heavy atom. The molecule has 20 heavy (non-hydrogen) atoms. The number of hydrogen-bond acceptors (Lipinski definition) is 6. The molecule has 0 amide bonds. The smallest absolute Gasteiger partial charge is 0.222 e. The van der Waals surface area contributed by atoms with Gasteiger partial charge in [0.15, 0.2) is 5.82 Å². The average molecular weight is 295 g/mol. The van der Waals surface area contributed by atoms with Crippen molar-refractivity contribution in [3.63, 3.8) is 0 Å². The highest BCUT2D eigenvalue weighted by atomic mass is 35.5. The summed E-state index contributed by atoms with van der Waals surface area (Å²) in [6.07, 6.45) is 1.41. The van der Waals surface area contributed by atoms with Gasteiger partial charge in [-0.05, 0) is 6.07 Å². The molecular weight excluding hydrogens is 280 g/mol. The lowest BCUT2D eigenvalue weighted by molar-refractivity contribution is 0.273. The van der Waals surface area contributed by atoms with Crippen LogP contribution in [0, 0.1) is 0 Å². The molecule has 0 spiro atoms. The molecule has 1 atom stereocenters. The van der Waals surface area contributed by atoms with Crippen molar-refractivity contribution in [2.24, 2.45) is 0 Å². The van der Waals surface area contributed by atoms with E-state index in [9.17, 15) is 5.11 Å². The van der Waals surface area contributed by atoms with Crippen molar-refractivity contribution in [1.82, 2.24) is 9.97 Å². The van der Waals surface area contributed by atoms with Gasteiger partial charge < -0.3 is 20.9 Å². The first kappa shape index (κ1) is 14.4. The lowest BCUT2D eigenvalue weighted by atomic mass is 10.1. The average Bonchev–Trinajstić information content (AvgIpc) is 2.48. The standard InChI is InChI=1S/C13H15ClN4O2/c1-20-11-5-3-2-4-8(11)10(7-19)17-12-9(14)6-16-13(15)18-12/h2-6,10,19H,7H2,1H3,(H3,15,16,17,18). The predicted molar refractivity (Wildman–Crippen MR) is 77.9 cm³/mol. The van der Waals surface area contributed by atoms with Crippen LogP contribution in [-0.4, -0.2) is 28.8 Å². The van der Waals surface area contributed by atoms with Crippen LogP contribution in [0.1, 0.15) is 11.6 Å². The van der Waals surface area contributed by atoms with Crippen LogP contribution >= 0.6 is 11.6 Å². The van der Waals surface area contributed by atoms with Gasteiger partial charge in [0.25, 0.3) is 0 Å². The van der Waals surface area contributed by atoms with Crippen LogP contribution in [0.2, 0.25) is 5.02 Å². The van der Waals surface area contributed by atoms with Crippen LogP contribution in [0.4, 0.5) is 11.8 Å². The minimum Gasteiger partial charge on any atom is -0.496 e. The molecule has 0 fully saturated rings. The van der Waals surface area contributed by atoms with Crippen LogP contribution in [0.15, 0.2) is 30.5 Å². The molecule has 4 N–H and O–H groups in total. The number of benzene rings is 1. The maximum Gasteiger partial charge on any atom is 0.222 e. The van der Waals surface area contributed by atoms with Crippen molar-refractivity contribution in [3.05, 3.63) is 41.0 Å². The Kier molecular flexibility index (Phi) is 4.60. The Balaban J connectivity index is 2.31. The van der Waals surface area contributed by atoms with E-state index in [0.717, 1.165) is 5.56 Å². The van der Waals surface area contributed by atoms with Crippen molar-refractivity contribution in [1.29, 1.82) is 0 Å². The Labute approximate surface area is 121 Å². The third-order valence-corrected chi connectivity index (χ3v) is 3.05. The van der Waals surface area contributed by atoms with E-state index in [0.29, 0.717) is 16.6 Å². The van der Waals surface area contributed by atoms with E-state index in [-0.39, 0.29) is 12.6 Å². The molecule has 7 heteroatoms. The van der Waals surface area contributed by atoms with Crippen molar-refractivity contribution in [2.45, 2.75) is 6.04 Å². The number of ether oxygens (including phenoxy) is 1. The van der Waals surface area contributed by atoms with Gasteiger partial charge in [-0.25, -0.2) is 4.98 Å². The van der Waals surface area contributed by atoms with E-state index in [2.05, 4.69) is 15.3 Å². The van der Waals surface area contributed by atoms with Gasteiger partial charge in [0.05, 0.1) is 26.0 Å². The number of nitrogens with two attached hydrogens (primary N) is 1. The predicted octanol–water partition coefficient (Wildman–Crippen LogP) is 1.87. The van der Waals surface area contributed by atoms with E-state index in [4.69, 9.17) is 22.1 Å². The molecule has 1 unspecified atom stereocenters. The van der Waals surface area contributed by atoms with Gasteiger partial charge in [-0.3, -0.25) is 0 Å². The van der Waals surface area contributed by atoms with Crippen molar-refractivity contribution < 1.29 is 9.84 Å². The molecule has 0 saturated heterocycles. The minimum atomic E-state index is -0.419. The summed E-state index contributed by atoms with van der Waals surface area (Å²) in [6.45, 7) is -0.152. The maximum atomic E-state index is 9.59. The molecule has 0 radical (unpaired) electrons. The monoisotopic (exact) mass is 294 g/mol. The molecule has 0 aliphatic rings. The number of nitrogens with one attached hydrogen (secondary N) is 1. The molecular formula is C13H15ClN4O2. The second kappa shape index (κ2) is 6.40. The van der Waals surface area contributed by atoms with E-state index >= 15 is 0 Å². The molecule has 0 saturated carbocycles. The Hall–Kier alpha value is -2.05. The van der Waals surface area contributed by atoms with Crippen LogP contribution < -0.4 is 15.8 Å². The maximum absolute atomic E-state index is 9.59. The molecule has 1 aromatic heterocycles. The van der Waals surface area contributed by atoms with Gasteiger partial charge in [0.2, 0.25) is 5.95 Å². The minimum absolute atomic E-state index is 0.105. The molecule has 106 valence electrons. The Morgan fingerprint density at radius 3 is 2.90 bits per heavy atom. The topological polar surface area (TPSA) is 93.3 Å². The quantitative estimate of drug-likeness (QED) is 0.779. The van der Waals surface area contributed by atoms with Gasteiger partial charge in [-0.2, -0.15) is 4.98 Å². The summed E-state index contributed by atoms with van der Waals surface area (Å²) in [5.41, 5.74) is 6.33. The fourth-order valence-corrected chi connectivity index (χ4v) is 1.97. The molecule has 0 bridgehead atoms. The third kappa shape index (κ3) is 3.09. The van der Waals surface area contributed by atoms with Crippen LogP contribution in [0.3, 0.4) is 0 Å². The molecule has 1 aromatic carbocycles. The number of rotatable bonds is 5. The summed E-state index contributed by atoms with van der Waals surface area (Å²) in [7, 11) is 1.57. The summed E-state index contributed by atoms with van der Waals surface area (Å²) in [4.78, 5) is 7.80. The molecule has 1 heterocycles. The van der Waals surface area contributed by atoms with Crippen LogP contribution in [0.5, 0.6) is 5.75 Å². The number of nitrogens with zero attached hydrogens (tertiary/aromatic N) is 2. The summed E-state index contributed by atoms with van der Waals surface area (Å²) in [6, 6.07) is 6.96. The van der Waals surface area contributed by atoms with E-state index in [1.54, 1.807) is 7.11 Å². The Morgan fingerprint density at radius 2 is 2.20 bits per heavy atom.